The second-order valence-corrected chi connectivity index (χ2v) is 10.9. The molecule has 0 aliphatic rings. The molecule has 0 aliphatic heterocycles. The third kappa shape index (κ3) is 20.1. The molecule has 0 heterocycles. The Hall–Kier alpha value is 0.130. The van der Waals surface area contributed by atoms with Crippen molar-refractivity contribution in [1.82, 2.24) is 0 Å². The molecule has 1 aromatic carbocycles. The molecule has 0 radical (unpaired) electrons. The Morgan fingerprint density at radius 3 is 1.27 bits per heavy atom. The van der Waals surface area contributed by atoms with Crippen molar-refractivity contribution in [1.29, 1.82) is 0 Å². The Morgan fingerprint density at radius 1 is 0.576 bits per heavy atom. The van der Waals surface area contributed by atoms with Crippen LogP contribution in [0.5, 0.6) is 0 Å². The van der Waals surface area contributed by atoms with E-state index in [4.69, 9.17) is 4.18 Å². The van der Waals surface area contributed by atoms with E-state index in [-0.39, 0.29) is 42.5 Å². The third-order valence-electron chi connectivity index (χ3n) is 6.27. The Balaban J connectivity index is 0. The van der Waals surface area contributed by atoms with E-state index >= 15 is 0 Å². The summed E-state index contributed by atoms with van der Waals surface area (Å²) in [7, 11) is -3.59. The molecule has 0 bridgehead atoms. The van der Waals surface area contributed by atoms with Crippen molar-refractivity contribution >= 4 is 10.1 Å². The fourth-order valence-electron chi connectivity index (χ4n) is 4.18. The van der Waals surface area contributed by atoms with E-state index in [1.807, 2.05) is 0 Å². The molecule has 3 nitrogen and oxygen atoms in total. The predicted octanol–water partition coefficient (Wildman–Crippen LogP) is 6.33. The van der Waals surface area contributed by atoms with Gasteiger partial charge in [-0.25, -0.2) is 0 Å². The molecule has 1 aromatic rings. The van der Waals surface area contributed by atoms with Crippen LogP contribution in [0.25, 0.3) is 0 Å². The van der Waals surface area contributed by atoms with Crippen LogP contribution >= 0.6 is 0 Å². The summed E-state index contributed by atoms with van der Waals surface area (Å²) in [5, 5.41) is 0. The van der Waals surface area contributed by atoms with Gasteiger partial charge in [0.05, 0.1) is 11.5 Å². The smallest absolute Gasteiger partial charge is 1.00 e. The van der Waals surface area contributed by atoms with Crippen molar-refractivity contribution in [2.24, 2.45) is 0 Å². The SMILES string of the molecule is CCCCCCCCCCCCCCCCCCCCCCOS(=O)(=O)c1ccccc1.[H-].[Na+]. The van der Waals surface area contributed by atoms with Gasteiger partial charge in [0.1, 0.15) is 0 Å². The standard InChI is InChI=1S/C28H50O3S.Na.H/c1-2-3-4-5-6-7-8-9-10-11-12-13-14-15-16-17-18-19-20-24-27-31-32(29,30)28-25-22-21-23-26-28;;/h21-23,25-26H,2-20,24,27H2,1H3;;/q;+1;-1. The number of rotatable bonds is 23. The first kappa shape index (κ1) is 33.1. The van der Waals surface area contributed by atoms with Gasteiger partial charge in [-0.1, -0.05) is 147 Å². The topological polar surface area (TPSA) is 43.4 Å². The number of hydrogen-bond donors (Lipinski definition) is 0. The van der Waals surface area contributed by atoms with Gasteiger partial charge in [0, 0.05) is 0 Å². The zero-order chi connectivity index (χ0) is 23.2. The van der Waals surface area contributed by atoms with E-state index in [0.29, 0.717) is 0 Å². The van der Waals surface area contributed by atoms with Gasteiger partial charge < -0.3 is 1.43 Å². The summed E-state index contributed by atoms with van der Waals surface area (Å²) < 4.78 is 29.1. The first-order valence-corrected chi connectivity index (χ1v) is 15.0. The minimum atomic E-state index is -3.59. The zero-order valence-corrected chi connectivity index (χ0v) is 24.7. The molecule has 0 saturated carbocycles. The van der Waals surface area contributed by atoms with Crippen molar-refractivity contribution in [3.05, 3.63) is 30.3 Å². The summed E-state index contributed by atoms with van der Waals surface area (Å²) in [5.74, 6) is 0. The van der Waals surface area contributed by atoms with E-state index in [2.05, 4.69) is 6.92 Å². The Labute approximate surface area is 229 Å². The van der Waals surface area contributed by atoms with Crippen LogP contribution in [0.2, 0.25) is 0 Å². The summed E-state index contributed by atoms with van der Waals surface area (Å²) >= 11 is 0. The van der Waals surface area contributed by atoms with E-state index < -0.39 is 10.1 Å². The maximum Gasteiger partial charge on any atom is 1.00 e. The van der Waals surface area contributed by atoms with Crippen molar-refractivity contribution in [3.63, 3.8) is 0 Å². The normalized spacial score (nSPS) is 11.4. The molecule has 0 unspecified atom stereocenters. The van der Waals surface area contributed by atoms with Crippen molar-refractivity contribution < 1.29 is 43.6 Å². The predicted molar refractivity (Wildman–Crippen MR) is 139 cm³/mol. The summed E-state index contributed by atoms with van der Waals surface area (Å²) in [6.45, 7) is 2.57. The van der Waals surface area contributed by atoms with Gasteiger partial charge in [0.2, 0.25) is 0 Å². The van der Waals surface area contributed by atoms with Gasteiger partial charge in [-0.3, -0.25) is 4.18 Å². The van der Waals surface area contributed by atoms with Crippen LogP contribution in [0.1, 0.15) is 137 Å². The molecular weight excluding hydrogens is 439 g/mol. The molecule has 0 fully saturated rings. The quantitative estimate of drug-likeness (QED) is 0.102. The third-order valence-corrected chi connectivity index (χ3v) is 7.59. The maximum absolute atomic E-state index is 12.0. The Bertz CT molecular complexity index is 626. The molecular formula is C28H51NaO3S. The molecule has 0 aromatic heterocycles. The van der Waals surface area contributed by atoms with Crippen LogP contribution in [-0.4, -0.2) is 15.0 Å². The van der Waals surface area contributed by atoms with Crippen molar-refractivity contribution in [2.45, 2.75) is 140 Å². The van der Waals surface area contributed by atoms with Gasteiger partial charge in [-0.05, 0) is 18.6 Å². The average molecular weight is 491 g/mol. The van der Waals surface area contributed by atoms with Crippen LogP contribution in [0, 0.1) is 0 Å². The Kier molecular flexibility index (Phi) is 23.9. The van der Waals surface area contributed by atoms with Gasteiger partial charge in [-0.2, -0.15) is 8.42 Å². The van der Waals surface area contributed by atoms with Crippen LogP contribution in [-0.2, 0) is 14.3 Å². The van der Waals surface area contributed by atoms with Crippen LogP contribution in [0.4, 0.5) is 0 Å². The molecule has 188 valence electrons. The van der Waals surface area contributed by atoms with E-state index in [1.165, 1.54) is 116 Å². The van der Waals surface area contributed by atoms with Crippen molar-refractivity contribution in [3.8, 4) is 0 Å². The molecule has 0 N–H and O–H groups in total. The van der Waals surface area contributed by atoms with Crippen LogP contribution in [0.3, 0.4) is 0 Å². The van der Waals surface area contributed by atoms with Gasteiger partial charge in [-0.15, -0.1) is 0 Å². The molecule has 0 atom stereocenters. The second-order valence-electron chi connectivity index (χ2n) is 9.31. The van der Waals surface area contributed by atoms with E-state index in [1.54, 1.807) is 30.3 Å². The van der Waals surface area contributed by atoms with Crippen LogP contribution in [0.15, 0.2) is 35.2 Å². The molecule has 33 heavy (non-hydrogen) atoms. The number of unbranched alkanes of at least 4 members (excludes halogenated alkanes) is 19. The molecule has 0 aliphatic carbocycles. The number of benzene rings is 1. The Morgan fingerprint density at radius 2 is 0.909 bits per heavy atom. The molecule has 0 spiro atoms. The van der Waals surface area contributed by atoms with Gasteiger partial charge in [0.15, 0.2) is 0 Å². The molecule has 0 amide bonds. The van der Waals surface area contributed by atoms with E-state index in [0.717, 1.165) is 12.8 Å². The average Bonchev–Trinajstić information content (AvgIpc) is 2.80. The number of hydrogen-bond acceptors (Lipinski definition) is 3. The maximum atomic E-state index is 12.0. The van der Waals surface area contributed by atoms with Gasteiger partial charge >= 0.3 is 29.6 Å². The first-order chi connectivity index (χ1) is 15.7. The fraction of sp³-hybridized carbons (Fsp3) is 0.786. The minimum Gasteiger partial charge on any atom is -1.00 e. The largest absolute Gasteiger partial charge is 1.00 e. The second kappa shape index (κ2) is 23.9. The summed E-state index contributed by atoms with van der Waals surface area (Å²) in [6.07, 6.45) is 26.8. The minimum absolute atomic E-state index is 0. The summed E-state index contributed by atoms with van der Waals surface area (Å²) in [4.78, 5) is 0.244. The molecule has 0 saturated heterocycles. The first-order valence-electron chi connectivity index (χ1n) is 13.6. The van der Waals surface area contributed by atoms with Crippen LogP contribution < -0.4 is 29.6 Å². The summed E-state index contributed by atoms with van der Waals surface area (Å²) in [5.41, 5.74) is 0. The monoisotopic (exact) mass is 490 g/mol. The molecule has 1 rings (SSSR count). The summed E-state index contributed by atoms with van der Waals surface area (Å²) in [6, 6.07) is 8.39. The van der Waals surface area contributed by atoms with E-state index in [9.17, 15) is 8.42 Å². The fourth-order valence-corrected chi connectivity index (χ4v) is 5.14. The van der Waals surface area contributed by atoms with Crippen molar-refractivity contribution in [2.75, 3.05) is 6.61 Å². The van der Waals surface area contributed by atoms with Gasteiger partial charge in [0.25, 0.3) is 10.1 Å². The zero-order valence-electron chi connectivity index (χ0n) is 22.9. The molecule has 5 heteroatoms.